The summed E-state index contributed by atoms with van der Waals surface area (Å²) in [5, 5.41) is 10.7. The minimum atomic E-state index is -0.825. The predicted molar refractivity (Wildman–Crippen MR) is 128 cm³/mol. The molecule has 1 aliphatic heterocycles. The first kappa shape index (κ1) is 20.5. The van der Waals surface area contributed by atoms with Gasteiger partial charge < -0.3 is 9.84 Å². The van der Waals surface area contributed by atoms with E-state index in [4.69, 9.17) is 4.74 Å². The number of nitrogens with zero attached hydrogens (tertiary/aromatic N) is 1. The number of likely N-dealkylation sites (N-methyl/N-ethyl adjacent to an activating group) is 1. The molecule has 5 rings (SSSR count). The second kappa shape index (κ2) is 8.62. The lowest BCUT2D eigenvalue weighted by Gasteiger charge is -2.37. The quantitative estimate of drug-likeness (QED) is 0.430. The molecule has 1 aliphatic rings. The average Bonchev–Trinajstić information content (AvgIpc) is 2.84. The SMILES string of the molecule is CN1Cc2ccc(OC(c3ccccc3)(c3ccccc3)c3ccccc3)cc2[C@@H](O)C1. The highest BCUT2D eigenvalue weighted by Gasteiger charge is 2.39. The Morgan fingerprint density at radius 1 is 0.750 bits per heavy atom. The van der Waals surface area contributed by atoms with Gasteiger partial charge in [-0.15, -0.1) is 0 Å². The third kappa shape index (κ3) is 3.70. The highest BCUT2D eigenvalue weighted by atomic mass is 16.5. The molecule has 1 N–H and O–H groups in total. The van der Waals surface area contributed by atoms with Crippen molar-refractivity contribution in [2.75, 3.05) is 13.6 Å². The fraction of sp³-hybridized carbons (Fsp3) is 0.172. The summed E-state index contributed by atoms with van der Waals surface area (Å²) in [6, 6.07) is 37.1. The molecule has 0 radical (unpaired) electrons. The van der Waals surface area contributed by atoms with Gasteiger partial charge in [0.25, 0.3) is 0 Å². The van der Waals surface area contributed by atoms with Crippen LogP contribution in [0.2, 0.25) is 0 Å². The number of rotatable bonds is 5. The Bertz CT molecular complexity index is 1080. The topological polar surface area (TPSA) is 32.7 Å². The van der Waals surface area contributed by atoms with Gasteiger partial charge in [0.2, 0.25) is 0 Å². The van der Waals surface area contributed by atoms with Crippen LogP contribution < -0.4 is 4.74 Å². The highest BCUT2D eigenvalue weighted by Crippen LogP contribution is 2.42. The van der Waals surface area contributed by atoms with Crippen molar-refractivity contribution < 1.29 is 9.84 Å². The normalized spacial score (nSPS) is 16.4. The first-order valence-corrected chi connectivity index (χ1v) is 11.0. The zero-order valence-corrected chi connectivity index (χ0v) is 18.2. The molecule has 0 amide bonds. The van der Waals surface area contributed by atoms with E-state index in [9.17, 15) is 5.11 Å². The number of ether oxygens (including phenoxy) is 1. The summed E-state index contributed by atoms with van der Waals surface area (Å²) in [5.41, 5.74) is 4.42. The van der Waals surface area contributed by atoms with E-state index < -0.39 is 11.7 Å². The molecule has 0 bridgehead atoms. The number of fused-ring (bicyclic) bond motifs is 1. The van der Waals surface area contributed by atoms with Crippen molar-refractivity contribution in [3.05, 3.63) is 137 Å². The van der Waals surface area contributed by atoms with Gasteiger partial charge in [-0.1, -0.05) is 97.1 Å². The van der Waals surface area contributed by atoms with Gasteiger partial charge in [0.1, 0.15) is 5.75 Å². The van der Waals surface area contributed by atoms with Gasteiger partial charge in [0.05, 0.1) is 6.10 Å². The van der Waals surface area contributed by atoms with E-state index >= 15 is 0 Å². The third-order valence-electron chi connectivity index (χ3n) is 6.21. The molecule has 4 aromatic rings. The van der Waals surface area contributed by atoms with E-state index in [0.29, 0.717) is 6.54 Å². The fourth-order valence-electron chi connectivity index (χ4n) is 4.71. The summed E-state index contributed by atoms with van der Waals surface area (Å²) < 4.78 is 6.98. The van der Waals surface area contributed by atoms with Gasteiger partial charge in [0.15, 0.2) is 5.60 Å². The predicted octanol–water partition coefficient (Wildman–Crippen LogP) is 5.54. The van der Waals surface area contributed by atoms with Gasteiger partial charge in [-0.25, -0.2) is 0 Å². The molecular formula is C29H27NO2. The molecule has 0 aromatic heterocycles. The number of hydrogen-bond donors (Lipinski definition) is 1. The molecule has 160 valence electrons. The lowest BCUT2D eigenvalue weighted by atomic mass is 9.80. The standard InChI is InChI=1S/C29H27NO2/c1-30-20-22-17-18-26(19-27(22)28(31)21-30)32-29(23-11-5-2-6-12-23,24-13-7-3-8-14-24)25-15-9-4-10-16-25/h2-19,28,31H,20-21H2,1H3/t28-/m0/s1. The zero-order valence-electron chi connectivity index (χ0n) is 18.2. The lowest BCUT2D eigenvalue weighted by molar-refractivity contribution is 0.106. The fourth-order valence-corrected chi connectivity index (χ4v) is 4.71. The summed E-state index contributed by atoms with van der Waals surface area (Å²) in [6.07, 6.45) is -0.521. The van der Waals surface area contributed by atoms with Crippen LogP contribution in [0.1, 0.15) is 33.9 Å². The second-order valence-corrected chi connectivity index (χ2v) is 8.45. The van der Waals surface area contributed by atoms with Crippen LogP contribution in [0.4, 0.5) is 0 Å². The molecule has 0 saturated heterocycles. The van der Waals surface area contributed by atoms with Crippen LogP contribution in [0.5, 0.6) is 5.75 Å². The summed E-state index contributed by atoms with van der Waals surface area (Å²) in [4.78, 5) is 2.13. The van der Waals surface area contributed by atoms with E-state index in [1.807, 2.05) is 73.8 Å². The maximum atomic E-state index is 10.7. The van der Waals surface area contributed by atoms with Crippen LogP contribution in [-0.2, 0) is 12.1 Å². The van der Waals surface area contributed by atoms with Crippen molar-refractivity contribution in [1.29, 1.82) is 0 Å². The Hall–Kier alpha value is -3.40. The van der Waals surface area contributed by atoms with Crippen LogP contribution >= 0.6 is 0 Å². The Kier molecular flexibility index (Phi) is 5.52. The van der Waals surface area contributed by atoms with Gasteiger partial charge in [-0.2, -0.15) is 0 Å². The van der Waals surface area contributed by atoms with Gasteiger partial charge in [0, 0.05) is 29.8 Å². The summed E-state index contributed by atoms with van der Waals surface area (Å²) >= 11 is 0. The largest absolute Gasteiger partial charge is 0.473 e. The molecule has 0 fully saturated rings. The van der Waals surface area contributed by atoms with Crippen LogP contribution in [-0.4, -0.2) is 23.6 Å². The highest BCUT2D eigenvalue weighted by molar-refractivity contribution is 5.50. The third-order valence-corrected chi connectivity index (χ3v) is 6.21. The van der Waals surface area contributed by atoms with Crippen LogP contribution in [0.3, 0.4) is 0 Å². The molecule has 4 aromatic carbocycles. The lowest BCUT2D eigenvalue weighted by Crippen LogP contribution is -2.36. The maximum Gasteiger partial charge on any atom is 0.184 e. The molecule has 32 heavy (non-hydrogen) atoms. The maximum absolute atomic E-state index is 10.7. The van der Waals surface area contributed by atoms with E-state index in [1.54, 1.807) is 0 Å². The monoisotopic (exact) mass is 421 g/mol. The summed E-state index contributed by atoms with van der Waals surface area (Å²) in [7, 11) is 2.03. The Balaban J connectivity index is 1.70. The number of benzene rings is 4. The van der Waals surface area contributed by atoms with Crippen molar-refractivity contribution >= 4 is 0 Å². The van der Waals surface area contributed by atoms with Gasteiger partial charge in [-0.3, -0.25) is 4.90 Å². The van der Waals surface area contributed by atoms with E-state index in [2.05, 4.69) is 47.4 Å². The van der Waals surface area contributed by atoms with E-state index in [1.165, 1.54) is 0 Å². The van der Waals surface area contributed by atoms with Crippen molar-refractivity contribution in [3.63, 3.8) is 0 Å². The van der Waals surface area contributed by atoms with Gasteiger partial charge in [-0.05, 0) is 30.3 Å². The molecule has 1 heterocycles. The van der Waals surface area contributed by atoms with Crippen LogP contribution in [0, 0.1) is 0 Å². The molecular weight excluding hydrogens is 394 g/mol. The van der Waals surface area contributed by atoms with Crippen LogP contribution in [0.25, 0.3) is 0 Å². The zero-order chi connectivity index (χ0) is 22.0. The first-order valence-electron chi connectivity index (χ1n) is 11.0. The van der Waals surface area contributed by atoms with Crippen LogP contribution in [0.15, 0.2) is 109 Å². The number of aliphatic hydroxyl groups is 1. The minimum absolute atomic E-state index is 0.521. The van der Waals surface area contributed by atoms with E-state index in [-0.39, 0.29) is 0 Å². The Morgan fingerprint density at radius 3 is 1.75 bits per heavy atom. The van der Waals surface area contributed by atoms with E-state index in [0.717, 1.165) is 40.1 Å². The molecule has 0 aliphatic carbocycles. The molecule has 1 atom stereocenters. The average molecular weight is 422 g/mol. The van der Waals surface area contributed by atoms with Crippen molar-refractivity contribution in [2.45, 2.75) is 18.2 Å². The van der Waals surface area contributed by atoms with Crippen molar-refractivity contribution in [2.24, 2.45) is 0 Å². The summed E-state index contributed by atoms with van der Waals surface area (Å²) in [6.45, 7) is 1.45. The minimum Gasteiger partial charge on any atom is -0.473 e. The number of β-amino-alcohol motifs (C(OH)–C–C–N with tert-alkyl or cyclic N) is 1. The molecule has 3 nitrogen and oxygen atoms in total. The number of hydrogen-bond acceptors (Lipinski definition) is 3. The Labute approximate surface area is 189 Å². The molecule has 0 unspecified atom stereocenters. The molecule has 3 heteroatoms. The van der Waals surface area contributed by atoms with Crippen molar-refractivity contribution in [1.82, 2.24) is 4.90 Å². The first-order chi connectivity index (χ1) is 15.7. The smallest absolute Gasteiger partial charge is 0.184 e. The van der Waals surface area contributed by atoms with Gasteiger partial charge >= 0.3 is 0 Å². The number of aliphatic hydroxyl groups excluding tert-OH is 1. The molecule has 0 spiro atoms. The Morgan fingerprint density at radius 2 is 1.25 bits per heavy atom. The summed E-state index contributed by atoms with van der Waals surface area (Å²) in [5.74, 6) is 0.740. The second-order valence-electron chi connectivity index (χ2n) is 8.45. The van der Waals surface area contributed by atoms with Crippen molar-refractivity contribution in [3.8, 4) is 5.75 Å². The molecule has 0 saturated carbocycles.